The Morgan fingerprint density at radius 3 is 2.48 bits per heavy atom. The van der Waals surface area contributed by atoms with Gasteiger partial charge >= 0.3 is 0 Å². The Balaban J connectivity index is 2.00. The number of fused-ring (bicyclic) bond motifs is 4. The lowest BCUT2D eigenvalue weighted by Gasteiger charge is -2.12. The summed E-state index contributed by atoms with van der Waals surface area (Å²) >= 11 is 0. The van der Waals surface area contributed by atoms with Crippen molar-refractivity contribution in [1.29, 1.82) is 0 Å². The van der Waals surface area contributed by atoms with E-state index in [9.17, 15) is 4.79 Å². The molecule has 0 saturated heterocycles. The van der Waals surface area contributed by atoms with Crippen molar-refractivity contribution in [2.24, 2.45) is 0 Å². The summed E-state index contributed by atoms with van der Waals surface area (Å²) in [6.45, 7) is 6.13. The molecular weight excluding hydrogens is 362 g/mol. The molecule has 0 N–H and O–H groups in total. The van der Waals surface area contributed by atoms with Gasteiger partial charge in [-0.05, 0) is 50.1 Å². The van der Waals surface area contributed by atoms with Crippen LogP contribution in [0.3, 0.4) is 0 Å². The quantitative estimate of drug-likeness (QED) is 0.458. The van der Waals surface area contributed by atoms with Gasteiger partial charge < -0.3 is 0 Å². The predicted octanol–water partition coefficient (Wildman–Crippen LogP) is 4.56. The second-order valence-corrected chi connectivity index (χ2v) is 7.47. The molecule has 3 aromatic heterocycles. The van der Waals surface area contributed by atoms with Crippen LogP contribution in [0, 0.1) is 6.92 Å². The molecule has 0 radical (unpaired) electrons. The minimum Gasteiger partial charge on any atom is -0.296 e. The van der Waals surface area contributed by atoms with Crippen LogP contribution < -0.4 is 5.56 Å². The van der Waals surface area contributed by atoms with E-state index in [-0.39, 0.29) is 11.6 Å². The summed E-state index contributed by atoms with van der Waals surface area (Å²) in [5, 5.41) is 0.516. The first-order valence-corrected chi connectivity index (χ1v) is 9.83. The molecule has 0 spiro atoms. The molecule has 0 bridgehead atoms. The molecule has 0 fully saturated rings. The average Bonchev–Trinajstić information content (AvgIpc) is 3.05. The van der Waals surface area contributed by atoms with Gasteiger partial charge in [0.05, 0.1) is 11.0 Å². The minimum absolute atomic E-state index is 0.0604. The van der Waals surface area contributed by atoms with Crippen LogP contribution in [-0.4, -0.2) is 24.1 Å². The van der Waals surface area contributed by atoms with Gasteiger partial charge in [0, 0.05) is 11.7 Å². The van der Waals surface area contributed by atoms with Crippen molar-refractivity contribution in [1.82, 2.24) is 24.1 Å². The van der Waals surface area contributed by atoms with E-state index in [1.165, 1.54) is 0 Å². The van der Waals surface area contributed by atoms with Gasteiger partial charge in [0.15, 0.2) is 11.3 Å². The number of aromatic nitrogens is 5. The number of nitrogens with zero attached hydrogens (tertiary/aromatic N) is 5. The number of benzene rings is 2. The van der Waals surface area contributed by atoms with Crippen LogP contribution in [0.25, 0.3) is 38.9 Å². The lowest BCUT2D eigenvalue weighted by atomic mass is 10.2. The van der Waals surface area contributed by atoms with Crippen LogP contribution in [0.1, 0.15) is 31.9 Å². The fourth-order valence-corrected chi connectivity index (χ4v) is 3.77. The van der Waals surface area contributed by atoms with Crippen LogP contribution >= 0.6 is 0 Å². The van der Waals surface area contributed by atoms with Gasteiger partial charge in [0.25, 0.3) is 5.56 Å². The lowest BCUT2D eigenvalue weighted by Crippen LogP contribution is -2.23. The predicted molar refractivity (Wildman–Crippen MR) is 116 cm³/mol. The zero-order chi connectivity index (χ0) is 20.1. The Morgan fingerprint density at radius 1 is 1.00 bits per heavy atom. The van der Waals surface area contributed by atoms with Crippen LogP contribution in [-0.2, 0) is 0 Å². The molecule has 3 heterocycles. The summed E-state index contributed by atoms with van der Waals surface area (Å²) in [6, 6.07) is 15.9. The Bertz CT molecular complexity index is 1450. The normalized spacial score (nSPS) is 12.8. The number of hydrogen-bond acceptors (Lipinski definition) is 4. The molecule has 6 nitrogen and oxygen atoms in total. The highest BCUT2D eigenvalue weighted by atomic mass is 16.1. The summed E-state index contributed by atoms with van der Waals surface area (Å²) in [6.07, 6.45) is 2.49. The van der Waals surface area contributed by atoms with Gasteiger partial charge in [0.1, 0.15) is 17.2 Å². The third-order valence-corrected chi connectivity index (χ3v) is 5.51. The molecule has 5 aromatic rings. The van der Waals surface area contributed by atoms with Gasteiger partial charge in [-0.1, -0.05) is 31.2 Å². The van der Waals surface area contributed by atoms with Crippen molar-refractivity contribution in [3.8, 4) is 5.69 Å². The van der Waals surface area contributed by atoms with E-state index >= 15 is 0 Å². The van der Waals surface area contributed by atoms with Crippen molar-refractivity contribution in [2.75, 3.05) is 0 Å². The van der Waals surface area contributed by atoms with Crippen molar-refractivity contribution in [2.45, 2.75) is 33.2 Å². The van der Waals surface area contributed by atoms with Crippen molar-refractivity contribution < 1.29 is 0 Å². The summed E-state index contributed by atoms with van der Waals surface area (Å²) in [7, 11) is 0. The third kappa shape index (κ3) is 2.63. The maximum atomic E-state index is 13.4. The van der Waals surface area contributed by atoms with Crippen LogP contribution in [0.5, 0.6) is 0 Å². The molecule has 0 aliphatic carbocycles. The molecule has 2 aromatic carbocycles. The summed E-state index contributed by atoms with van der Waals surface area (Å²) < 4.78 is 3.64. The number of rotatable bonds is 3. The van der Waals surface area contributed by atoms with Gasteiger partial charge in [-0.15, -0.1) is 0 Å². The number of aryl methyl sites for hydroxylation is 1. The van der Waals surface area contributed by atoms with Gasteiger partial charge in [-0.3, -0.25) is 13.9 Å². The van der Waals surface area contributed by atoms with Crippen LogP contribution in [0.4, 0.5) is 0 Å². The molecule has 0 amide bonds. The zero-order valence-electron chi connectivity index (χ0n) is 16.6. The average molecular weight is 383 g/mol. The van der Waals surface area contributed by atoms with Crippen LogP contribution in [0.2, 0.25) is 0 Å². The summed E-state index contributed by atoms with van der Waals surface area (Å²) in [5.74, 6) is 0. The molecule has 5 rings (SSSR count). The SMILES string of the molecule is CC[C@@H](C)n1cnc2c(c1=O)c1nc3ccccc3nc1n2-c1cccc(C)c1. The van der Waals surface area contributed by atoms with Gasteiger partial charge in [0.2, 0.25) is 0 Å². The first-order valence-electron chi connectivity index (χ1n) is 9.83. The topological polar surface area (TPSA) is 65.6 Å². The highest BCUT2D eigenvalue weighted by molar-refractivity contribution is 6.05. The third-order valence-electron chi connectivity index (χ3n) is 5.51. The Kier molecular flexibility index (Phi) is 3.94. The molecule has 0 aliphatic heterocycles. The van der Waals surface area contributed by atoms with E-state index in [1.807, 2.05) is 60.9 Å². The van der Waals surface area contributed by atoms with Gasteiger partial charge in [-0.2, -0.15) is 0 Å². The fourth-order valence-electron chi connectivity index (χ4n) is 3.77. The Hall–Kier alpha value is -3.54. The van der Waals surface area contributed by atoms with Gasteiger partial charge in [-0.25, -0.2) is 15.0 Å². The van der Waals surface area contributed by atoms with E-state index < -0.39 is 0 Å². The van der Waals surface area contributed by atoms with Crippen molar-refractivity contribution in [3.63, 3.8) is 0 Å². The lowest BCUT2D eigenvalue weighted by molar-refractivity contribution is 0.510. The molecule has 0 saturated carbocycles. The highest BCUT2D eigenvalue weighted by Crippen LogP contribution is 2.28. The molecule has 0 aliphatic rings. The summed E-state index contributed by atoms with van der Waals surface area (Å²) in [4.78, 5) is 27.8. The zero-order valence-corrected chi connectivity index (χ0v) is 16.6. The van der Waals surface area contributed by atoms with E-state index in [2.05, 4.69) is 13.0 Å². The second-order valence-electron chi connectivity index (χ2n) is 7.47. The molecular formula is C23H21N5O. The van der Waals surface area contributed by atoms with E-state index in [0.29, 0.717) is 22.2 Å². The standard InChI is InChI=1S/C23H21N5O/c1-4-15(3)27-13-24-21-19(23(27)29)20-22(26-18-11-6-5-10-17(18)25-20)28(21)16-9-7-8-14(2)12-16/h5-13,15H,4H2,1-3H3/t15-/m1/s1. The highest BCUT2D eigenvalue weighted by Gasteiger charge is 2.21. The largest absolute Gasteiger partial charge is 0.296 e. The fraction of sp³-hybridized carbons (Fsp3) is 0.217. The van der Waals surface area contributed by atoms with E-state index in [4.69, 9.17) is 15.0 Å². The number of para-hydroxylation sites is 2. The Morgan fingerprint density at radius 2 is 1.76 bits per heavy atom. The maximum Gasteiger partial charge on any atom is 0.265 e. The first kappa shape index (κ1) is 17.6. The van der Waals surface area contributed by atoms with Crippen LogP contribution in [0.15, 0.2) is 59.7 Å². The van der Waals surface area contributed by atoms with Crippen molar-refractivity contribution >= 4 is 33.2 Å². The molecule has 0 unspecified atom stereocenters. The van der Waals surface area contributed by atoms with E-state index in [0.717, 1.165) is 28.7 Å². The molecule has 1 atom stereocenters. The number of hydrogen-bond donors (Lipinski definition) is 0. The molecule has 29 heavy (non-hydrogen) atoms. The molecule has 6 heteroatoms. The van der Waals surface area contributed by atoms with Crippen molar-refractivity contribution in [3.05, 3.63) is 70.8 Å². The Labute approximate surface area is 167 Å². The maximum absolute atomic E-state index is 13.4. The monoisotopic (exact) mass is 383 g/mol. The first-order chi connectivity index (χ1) is 14.1. The smallest absolute Gasteiger partial charge is 0.265 e. The second kappa shape index (κ2) is 6.51. The van der Waals surface area contributed by atoms with E-state index in [1.54, 1.807) is 10.9 Å². The summed E-state index contributed by atoms with van der Waals surface area (Å²) in [5.41, 5.74) is 5.35. The minimum atomic E-state index is -0.0784. The molecule has 144 valence electrons.